The third-order valence-electron chi connectivity index (χ3n) is 11.1. The number of thiazole rings is 1. The number of aliphatic imine (C=N–C) groups is 1. The van der Waals surface area contributed by atoms with Gasteiger partial charge >= 0.3 is 0 Å². The predicted molar refractivity (Wildman–Crippen MR) is 262 cm³/mol. The maximum Gasteiger partial charge on any atom is 0.264 e. The quantitative estimate of drug-likeness (QED) is 0.0299. The summed E-state index contributed by atoms with van der Waals surface area (Å²) in [6, 6.07) is 25.2. The van der Waals surface area contributed by atoms with E-state index in [1.165, 1.54) is 24.6 Å². The zero-order valence-electron chi connectivity index (χ0n) is 38.2. The van der Waals surface area contributed by atoms with E-state index in [0.29, 0.717) is 50.8 Å². The number of nitrogens with two attached hydrogens (primary N) is 1. The molecule has 7 N–H and O–H groups in total. The van der Waals surface area contributed by atoms with Crippen LogP contribution in [0.4, 0.5) is 0 Å². The van der Waals surface area contributed by atoms with Crippen molar-refractivity contribution in [3.05, 3.63) is 165 Å². The largest absolute Gasteiger partial charge is 0.496 e. The molecule has 20 heteroatoms. The summed E-state index contributed by atoms with van der Waals surface area (Å²) in [6.07, 6.45) is 3.84. The molecule has 2 heterocycles. The minimum Gasteiger partial charge on any atom is -0.496 e. The van der Waals surface area contributed by atoms with Gasteiger partial charge < -0.3 is 30.8 Å². The molecule has 0 bridgehead atoms. The Morgan fingerprint density at radius 3 is 2.10 bits per heavy atom. The molecule has 0 aliphatic heterocycles. The number of aliphatic hydroxyl groups is 1. The van der Waals surface area contributed by atoms with Crippen LogP contribution in [0.15, 0.2) is 131 Å². The molecule has 360 valence electrons. The summed E-state index contributed by atoms with van der Waals surface area (Å²) in [4.78, 5) is 42.1. The SMILES string of the molecule is COc1cc(C)c(S(=O)(=O)NC(N)=NCCC[C@H](NC(=O)[C@H](Cc2cn(Cc3ccccc3)cn2)NC(=O)[C@@H](Cc2ccccc2)NS(=O)(=O)Cc2ccccc2)C(O)c2nccs2)c(C)c1C. The lowest BCUT2D eigenvalue weighted by molar-refractivity contribution is -0.130. The molecule has 0 saturated carbocycles. The molecule has 4 aromatic carbocycles. The molecule has 17 nitrogen and oxygen atoms in total. The zero-order chi connectivity index (χ0) is 48.8. The van der Waals surface area contributed by atoms with Gasteiger partial charge in [-0.15, -0.1) is 11.3 Å². The number of aromatic nitrogens is 3. The van der Waals surface area contributed by atoms with Crippen molar-refractivity contribution in [2.45, 2.75) is 87.9 Å². The second kappa shape index (κ2) is 23.5. The van der Waals surface area contributed by atoms with E-state index in [1.807, 2.05) is 34.9 Å². The Bertz CT molecular complexity index is 2870. The first-order valence-electron chi connectivity index (χ1n) is 21.8. The highest BCUT2D eigenvalue weighted by molar-refractivity contribution is 7.90. The van der Waals surface area contributed by atoms with E-state index in [0.717, 1.165) is 5.56 Å². The number of sulfonamides is 2. The Kier molecular flexibility index (Phi) is 17.6. The standard InChI is InChI=1S/C48H57N9O8S3/c1-32-25-42(65-4)33(2)34(3)44(32)68(63,64)56-48(49)51-22-14-21-39(43(58)47-50-23-24-66-47)53-45(59)40(27-38-29-57(31-52-38)28-36-17-10-6-11-18-36)54-46(60)41(26-35-15-8-5-9-16-35)55-67(61,62)30-37-19-12-7-13-20-37/h5-13,15-20,23-25,29,31,39-41,43,55,58H,14,21-22,26-28,30H2,1-4H3,(H,53,59)(H,54,60)(H3,49,51,56)/t39-,40-,41+,43?/m0/s1. The summed E-state index contributed by atoms with van der Waals surface area (Å²) < 4.78 is 66.3. The number of ether oxygens (including phenoxy) is 1. The number of methoxy groups -OCH3 is 1. The molecule has 1 unspecified atom stereocenters. The highest BCUT2D eigenvalue weighted by Gasteiger charge is 2.33. The van der Waals surface area contributed by atoms with Gasteiger partial charge in [-0.05, 0) is 79.5 Å². The van der Waals surface area contributed by atoms with E-state index in [4.69, 9.17) is 10.5 Å². The molecule has 68 heavy (non-hydrogen) atoms. The van der Waals surface area contributed by atoms with Gasteiger partial charge in [0.15, 0.2) is 0 Å². The molecular formula is C48H57N9O8S3. The van der Waals surface area contributed by atoms with E-state index < -0.39 is 56.1 Å². The predicted octanol–water partition coefficient (Wildman–Crippen LogP) is 4.37. The zero-order valence-corrected chi connectivity index (χ0v) is 40.7. The van der Waals surface area contributed by atoms with E-state index in [9.17, 15) is 31.5 Å². The van der Waals surface area contributed by atoms with E-state index >= 15 is 0 Å². The molecule has 0 fully saturated rings. The molecule has 6 aromatic rings. The highest BCUT2D eigenvalue weighted by atomic mass is 32.2. The minimum absolute atomic E-state index is 0.00816. The van der Waals surface area contributed by atoms with Crippen molar-refractivity contribution in [2.75, 3.05) is 13.7 Å². The van der Waals surface area contributed by atoms with Gasteiger partial charge in [-0.1, -0.05) is 91.0 Å². The first-order valence-corrected chi connectivity index (χ1v) is 25.8. The van der Waals surface area contributed by atoms with Gasteiger partial charge in [0.1, 0.15) is 28.9 Å². The van der Waals surface area contributed by atoms with Crippen LogP contribution in [-0.2, 0) is 54.8 Å². The van der Waals surface area contributed by atoms with Crippen molar-refractivity contribution in [2.24, 2.45) is 10.7 Å². The van der Waals surface area contributed by atoms with Crippen LogP contribution in [0.5, 0.6) is 5.75 Å². The monoisotopic (exact) mass is 983 g/mol. The Labute approximate surface area is 401 Å². The Morgan fingerprint density at radius 1 is 0.838 bits per heavy atom. The number of amides is 2. The fraction of sp³-hybridized carbons (Fsp3) is 0.312. The molecule has 6 rings (SSSR count). The molecule has 0 spiro atoms. The topological polar surface area (TPSA) is 249 Å². The number of nitrogens with one attached hydrogen (secondary N) is 4. The number of nitrogens with zero attached hydrogens (tertiary/aromatic N) is 4. The van der Waals surface area contributed by atoms with Crippen molar-refractivity contribution < 1.29 is 36.3 Å². The lowest BCUT2D eigenvalue weighted by atomic mass is 10.0. The van der Waals surface area contributed by atoms with Crippen molar-refractivity contribution in [1.82, 2.24) is 34.6 Å². The van der Waals surface area contributed by atoms with Gasteiger partial charge in [-0.3, -0.25) is 14.6 Å². The first-order chi connectivity index (χ1) is 32.5. The van der Waals surface area contributed by atoms with Gasteiger partial charge in [0.2, 0.25) is 27.8 Å². The second-order valence-corrected chi connectivity index (χ2v) is 20.6. The third-order valence-corrected chi connectivity index (χ3v) is 15.0. The lowest BCUT2D eigenvalue weighted by Gasteiger charge is -2.27. The number of carbonyl (C=O) groups is 2. The van der Waals surface area contributed by atoms with Crippen LogP contribution in [-0.4, -0.2) is 86.0 Å². The van der Waals surface area contributed by atoms with Gasteiger partial charge in [0.25, 0.3) is 10.0 Å². The van der Waals surface area contributed by atoms with Gasteiger partial charge in [0.05, 0.1) is 35.8 Å². The average Bonchev–Trinajstić information content (AvgIpc) is 4.01. The number of aliphatic hydroxyl groups excluding tert-OH is 1. The normalized spacial score (nSPS) is 13.8. The summed E-state index contributed by atoms with van der Waals surface area (Å²) in [7, 11) is -6.70. The molecule has 4 atom stereocenters. The summed E-state index contributed by atoms with van der Waals surface area (Å²) in [6.45, 7) is 5.61. The van der Waals surface area contributed by atoms with E-state index in [2.05, 4.69) is 35.0 Å². The smallest absolute Gasteiger partial charge is 0.264 e. The number of carbonyl (C=O) groups excluding carboxylic acids is 2. The summed E-state index contributed by atoms with van der Waals surface area (Å²) >= 11 is 1.18. The average molecular weight is 984 g/mol. The van der Waals surface area contributed by atoms with Crippen LogP contribution in [0.1, 0.15) is 63.0 Å². The van der Waals surface area contributed by atoms with Crippen LogP contribution in [0.3, 0.4) is 0 Å². The van der Waals surface area contributed by atoms with Crippen LogP contribution < -0.4 is 30.5 Å². The summed E-state index contributed by atoms with van der Waals surface area (Å²) in [5, 5.41) is 19.3. The number of rotatable bonds is 23. The minimum atomic E-state index is -4.13. The van der Waals surface area contributed by atoms with E-state index in [1.54, 1.807) is 105 Å². The van der Waals surface area contributed by atoms with Crippen LogP contribution >= 0.6 is 11.3 Å². The van der Waals surface area contributed by atoms with Crippen molar-refractivity contribution in [3.63, 3.8) is 0 Å². The van der Waals surface area contributed by atoms with Crippen LogP contribution in [0.2, 0.25) is 0 Å². The molecule has 0 aliphatic carbocycles. The van der Waals surface area contributed by atoms with Crippen molar-refractivity contribution in [3.8, 4) is 5.75 Å². The number of benzene rings is 4. The van der Waals surface area contributed by atoms with Gasteiger partial charge in [-0.2, -0.15) is 0 Å². The Hall–Kier alpha value is -6.45. The maximum atomic E-state index is 14.6. The van der Waals surface area contributed by atoms with Gasteiger partial charge in [-0.25, -0.2) is 36.2 Å². The molecule has 0 saturated heterocycles. The Morgan fingerprint density at radius 2 is 1.47 bits per heavy atom. The molecule has 0 radical (unpaired) electrons. The fourth-order valence-electron chi connectivity index (χ4n) is 7.70. The fourth-order valence-corrected chi connectivity index (χ4v) is 11.2. The van der Waals surface area contributed by atoms with E-state index in [-0.39, 0.29) is 48.8 Å². The first kappa shape index (κ1) is 51.0. The van der Waals surface area contributed by atoms with Crippen molar-refractivity contribution >= 4 is 49.2 Å². The molecular weight excluding hydrogens is 927 g/mol. The molecule has 2 amide bonds. The number of aryl methyl sites for hydroxylation is 1. The number of hydrogen-bond acceptors (Lipinski definition) is 12. The van der Waals surface area contributed by atoms with Crippen LogP contribution in [0, 0.1) is 20.8 Å². The number of hydrogen-bond donors (Lipinski definition) is 6. The number of imidazole rings is 1. The summed E-state index contributed by atoms with van der Waals surface area (Å²) in [5.41, 5.74) is 10.4. The third kappa shape index (κ3) is 14.3. The molecule has 0 aliphatic rings. The van der Waals surface area contributed by atoms with Crippen molar-refractivity contribution in [1.29, 1.82) is 0 Å². The van der Waals surface area contributed by atoms with Crippen LogP contribution in [0.25, 0.3) is 0 Å². The lowest BCUT2D eigenvalue weighted by Crippen LogP contribution is -2.56. The number of guanidine groups is 1. The second-order valence-electron chi connectivity index (χ2n) is 16.3. The Balaban J connectivity index is 1.23. The maximum absolute atomic E-state index is 14.6. The molecule has 2 aromatic heterocycles. The summed E-state index contributed by atoms with van der Waals surface area (Å²) in [5.74, 6) is -1.61. The van der Waals surface area contributed by atoms with Gasteiger partial charge in [0, 0.05) is 37.3 Å². The highest BCUT2D eigenvalue weighted by Crippen LogP contribution is 2.30.